The van der Waals surface area contributed by atoms with Crippen LogP contribution in [0.1, 0.15) is 0 Å². The largest absolute Gasteiger partial charge is 0.761 e. The molecule has 0 aliphatic rings. The molecule has 0 aromatic rings. The Hall–Kier alpha value is -1.10. The van der Waals surface area contributed by atoms with Crippen molar-refractivity contribution in [3.63, 3.8) is 0 Å². The predicted octanol–water partition coefficient (Wildman–Crippen LogP) is -0.324. The van der Waals surface area contributed by atoms with Crippen LogP contribution in [0.3, 0.4) is 0 Å². The van der Waals surface area contributed by atoms with Crippen LogP contribution in [0.25, 0.3) is 0 Å². The molecule has 0 aliphatic carbocycles. The first-order valence-electron chi connectivity index (χ1n) is 1.94. The van der Waals surface area contributed by atoms with Gasteiger partial charge in [0.2, 0.25) is 0 Å². The Kier molecular flexibility index (Phi) is 12.0. The van der Waals surface area contributed by atoms with Gasteiger partial charge in [0.15, 0.2) is 0 Å². The van der Waals surface area contributed by atoms with E-state index in [1.54, 1.807) is 0 Å². The summed E-state index contributed by atoms with van der Waals surface area (Å²) < 4.78 is 13.1. The van der Waals surface area contributed by atoms with Gasteiger partial charge in [0.25, 0.3) is 0 Å². The van der Waals surface area contributed by atoms with Crippen LogP contribution in [0.5, 0.6) is 0 Å². The Balaban J connectivity index is 0. The lowest BCUT2D eigenvalue weighted by Crippen LogP contribution is -1.90. The van der Waals surface area contributed by atoms with Gasteiger partial charge in [-0.1, -0.05) is 13.2 Å². The summed E-state index contributed by atoms with van der Waals surface area (Å²) in [4.78, 5) is 14.3. The lowest BCUT2D eigenvalue weighted by Gasteiger charge is -1.76. The SMILES string of the molecule is C=COC=C.O=[Si](O)O. The van der Waals surface area contributed by atoms with E-state index in [1.807, 2.05) is 0 Å². The van der Waals surface area contributed by atoms with E-state index in [2.05, 4.69) is 17.9 Å². The second-order valence-corrected chi connectivity index (χ2v) is 1.32. The summed E-state index contributed by atoms with van der Waals surface area (Å²) in [5, 5.41) is 0. The molecule has 0 rings (SSSR count). The fourth-order valence-electron chi connectivity index (χ4n) is 0.0680. The molecule has 0 saturated carbocycles. The van der Waals surface area contributed by atoms with Crippen LogP contribution in [-0.2, 0) is 9.20 Å². The summed E-state index contributed by atoms with van der Waals surface area (Å²) in [5.41, 5.74) is 0. The van der Waals surface area contributed by atoms with E-state index in [0.717, 1.165) is 0 Å². The van der Waals surface area contributed by atoms with E-state index in [9.17, 15) is 0 Å². The van der Waals surface area contributed by atoms with Gasteiger partial charge in [-0.3, -0.25) is 4.46 Å². The molecular formula is C4H8O4Si. The van der Waals surface area contributed by atoms with E-state index >= 15 is 0 Å². The monoisotopic (exact) mass is 148 g/mol. The second kappa shape index (κ2) is 10.0. The molecule has 0 unspecified atom stereocenters. The quantitative estimate of drug-likeness (QED) is 0.416. The van der Waals surface area contributed by atoms with Crippen LogP contribution in [-0.4, -0.2) is 18.8 Å². The first kappa shape index (κ1) is 10.8. The van der Waals surface area contributed by atoms with E-state index in [1.165, 1.54) is 12.5 Å². The van der Waals surface area contributed by atoms with Crippen LogP contribution < -0.4 is 0 Å². The first-order valence-corrected chi connectivity index (χ1v) is 3.24. The Morgan fingerprint density at radius 2 is 1.56 bits per heavy atom. The normalized spacial score (nSPS) is 5.78. The second-order valence-electron chi connectivity index (χ2n) is 0.752. The molecule has 0 heterocycles. The minimum absolute atomic E-state index is 1.31. The van der Waals surface area contributed by atoms with Gasteiger partial charge in [-0.15, -0.1) is 0 Å². The van der Waals surface area contributed by atoms with Crippen molar-refractivity contribution < 1.29 is 18.8 Å². The van der Waals surface area contributed by atoms with Crippen molar-refractivity contribution in [2.24, 2.45) is 0 Å². The molecule has 0 spiro atoms. The standard InChI is InChI=1S/C4H6O.H2O3Si/c1-3-5-4-2;1-4(2)3/h3-4H,1-2H2;1-2H. The number of rotatable bonds is 2. The molecule has 9 heavy (non-hydrogen) atoms. The maximum absolute atomic E-state index is 8.74. The zero-order valence-electron chi connectivity index (χ0n) is 4.78. The van der Waals surface area contributed by atoms with Gasteiger partial charge in [0.1, 0.15) is 0 Å². The molecule has 0 fully saturated rings. The minimum atomic E-state index is -3.13. The molecule has 0 aliphatic heterocycles. The molecule has 5 heteroatoms. The fourth-order valence-corrected chi connectivity index (χ4v) is 0.0680. The Morgan fingerprint density at radius 3 is 1.56 bits per heavy atom. The number of hydrogen-bond donors (Lipinski definition) is 2. The average molecular weight is 148 g/mol. The lowest BCUT2D eigenvalue weighted by atomic mass is 11.1. The fraction of sp³-hybridized carbons (Fsp3) is 0. The van der Waals surface area contributed by atoms with Crippen molar-refractivity contribution in [3.05, 3.63) is 25.7 Å². The molecule has 0 amide bonds. The summed E-state index contributed by atoms with van der Waals surface area (Å²) >= 11 is 0. The summed E-state index contributed by atoms with van der Waals surface area (Å²) in [5.74, 6) is 0. The highest BCUT2D eigenvalue weighted by Gasteiger charge is 1.85. The molecule has 0 atom stereocenters. The van der Waals surface area contributed by atoms with Gasteiger partial charge in [-0.2, -0.15) is 0 Å². The summed E-state index contributed by atoms with van der Waals surface area (Å²) in [6, 6.07) is 0. The third kappa shape index (κ3) is 206. The van der Waals surface area contributed by atoms with E-state index in [0.29, 0.717) is 0 Å². The third-order valence-corrected chi connectivity index (χ3v) is 0.192. The van der Waals surface area contributed by atoms with Crippen molar-refractivity contribution in [2.45, 2.75) is 0 Å². The topological polar surface area (TPSA) is 66.8 Å². The molecule has 0 aromatic heterocycles. The van der Waals surface area contributed by atoms with Gasteiger partial charge in [0.05, 0.1) is 12.5 Å². The highest BCUT2D eigenvalue weighted by atomic mass is 28.3. The van der Waals surface area contributed by atoms with Crippen molar-refractivity contribution in [3.8, 4) is 0 Å². The van der Waals surface area contributed by atoms with Crippen LogP contribution in [0, 0.1) is 0 Å². The molecule has 0 radical (unpaired) electrons. The molecule has 2 N–H and O–H groups in total. The maximum atomic E-state index is 8.74. The Bertz CT molecular complexity index is 90.7. The number of ether oxygens (including phenoxy) is 1. The van der Waals surface area contributed by atoms with Crippen LogP contribution >= 0.6 is 0 Å². The van der Waals surface area contributed by atoms with Crippen molar-refractivity contribution in [1.29, 1.82) is 0 Å². The van der Waals surface area contributed by atoms with Crippen molar-refractivity contribution in [2.75, 3.05) is 0 Å². The minimum Gasteiger partial charge on any atom is -0.511 e. The predicted molar refractivity (Wildman–Crippen MR) is 32.4 cm³/mol. The molecular weight excluding hydrogens is 140 g/mol. The lowest BCUT2D eigenvalue weighted by molar-refractivity contribution is 0.330. The zero-order chi connectivity index (χ0) is 7.70. The first-order chi connectivity index (χ1) is 4.15. The van der Waals surface area contributed by atoms with E-state index in [4.69, 9.17) is 14.1 Å². The summed E-state index contributed by atoms with van der Waals surface area (Å²) in [7, 11) is -3.13. The summed E-state index contributed by atoms with van der Waals surface area (Å²) in [6.07, 6.45) is 2.62. The van der Waals surface area contributed by atoms with Crippen LogP contribution in [0.2, 0.25) is 0 Å². The van der Waals surface area contributed by atoms with Gasteiger partial charge >= 0.3 is 9.17 Å². The van der Waals surface area contributed by atoms with E-state index in [-0.39, 0.29) is 0 Å². The van der Waals surface area contributed by atoms with Gasteiger partial charge in [-0.25, -0.2) is 0 Å². The van der Waals surface area contributed by atoms with Gasteiger partial charge in [-0.05, 0) is 0 Å². The molecule has 4 nitrogen and oxygen atoms in total. The molecule has 0 saturated heterocycles. The van der Waals surface area contributed by atoms with Crippen LogP contribution in [0.15, 0.2) is 25.7 Å². The summed E-state index contributed by atoms with van der Waals surface area (Å²) in [6.45, 7) is 6.51. The Morgan fingerprint density at radius 1 is 1.33 bits per heavy atom. The smallest absolute Gasteiger partial charge is 0.511 e. The molecule has 52 valence electrons. The third-order valence-electron chi connectivity index (χ3n) is 0.192. The zero-order valence-corrected chi connectivity index (χ0v) is 5.78. The highest BCUT2D eigenvalue weighted by Crippen LogP contribution is 1.65. The van der Waals surface area contributed by atoms with Gasteiger partial charge < -0.3 is 14.3 Å². The Labute approximate surface area is 54.6 Å². The van der Waals surface area contributed by atoms with E-state index < -0.39 is 9.17 Å². The maximum Gasteiger partial charge on any atom is 0.761 e. The molecule has 0 bridgehead atoms. The average Bonchev–Trinajstić information content (AvgIpc) is 1.66. The number of hydrogen-bond acceptors (Lipinski definition) is 2. The van der Waals surface area contributed by atoms with Crippen molar-refractivity contribution in [1.82, 2.24) is 0 Å². The van der Waals surface area contributed by atoms with Crippen LogP contribution in [0.4, 0.5) is 0 Å². The highest BCUT2D eigenvalue weighted by molar-refractivity contribution is 6.22. The van der Waals surface area contributed by atoms with Crippen molar-refractivity contribution >= 4 is 9.17 Å². The van der Waals surface area contributed by atoms with Gasteiger partial charge in [0, 0.05) is 0 Å². The molecule has 0 aromatic carbocycles.